The summed E-state index contributed by atoms with van der Waals surface area (Å²) in [5.74, 6) is 4.58. The van der Waals surface area contributed by atoms with Gasteiger partial charge in [-0.15, -0.1) is 0 Å². The van der Waals surface area contributed by atoms with E-state index in [0.717, 1.165) is 12.8 Å². The number of benzene rings is 1. The van der Waals surface area contributed by atoms with E-state index in [9.17, 15) is 18.0 Å². The summed E-state index contributed by atoms with van der Waals surface area (Å²) in [4.78, 5) is 12.8. The average Bonchev–Trinajstić information content (AvgIpc) is 3.20. The molecule has 1 aromatic carbocycles. The van der Waals surface area contributed by atoms with Crippen LogP contribution in [0.2, 0.25) is 0 Å². The van der Waals surface area contributed by atoms with Gasteiger partial charge in [-0.2, -0.15) is 13.2 Å². The number of hydrogen-bond donors (Lipinski definition) is 2. The van der Waals surface area contributed by atoms with Gasteiger partial charge in [-0.05, 0) is 30.5 Å². The Morgan fingerprint density at radius 3 is 2.65 bits per heavy atom. The van der Waals surface area contributed by atoms with Crippen LogP contribution in [0.1, 0.15) is 28.8 Å². The van der Waals surface area contributed by atoms with Crippen molar-refractivity contribution in [2.45, 2.75) is 31.6 Å². The standard InChI is InChI=1S/C13H16F3N3O/c14-13(15,16)8-19(11-4-5-11)7-9-2-1-3-10(6-9)12(20)18-17/h1-3,6,11H,4-5,7-8,17H2,(H,18,20). The van der Waals surface area contributed by atoms with Crippen molar-refractivity contribution in [2.24, 2.45) is 5.84 Å². The molecule has 3 N–H and O–H groups in total. The first-order chi connectivity index (χ1) is 9.39. The smallest absolute Gasteiger partial charge is 0.290 e. The van der Waals surface area contributed by atoms with Crippen LogP contribution in [-0.2, 0) is 6.54 Å². The molecule has 0 spiro atoms. The molecule has 1 fully saturated rings. The Morgan fingerprint density at radius 2 is 2.10 bits per heavy atom. The van der Waals surface area contributed by atoms with Crippen LogP contribution in [0.4, 0.5) is 13.2 Å². The van der Waals surface area contributed by atoms with Crippen molar-refractivity contribution in [2.75, 3.05) is 6.54 Å². The van der Waals surface area contributed by atoms with Crippen molar-refractivity contribution in [3.63, 3.8) is 0 Å². The largest absolute Gasteiger partial charge is 0.401 e. The highest BCUT2D eigenvalue weighted by Gasteiger charge is 2.37. The summed E-state index contributed by atoms with van der Waals surface area (Å²) in [6, 6.07) is 6.46. The molecule has 0 saturated heterocycles. The predicted molar refractivity (Wildman–Crippen MR) is 67.6 cm³/mol. The molecule has 1 aromatic rings. The number of nitrogens with two attached hydrogens (primary N) is 1. The van der Waals surface area contributed by atoms with Gasteiger partial charge in [0.15, 0.2) is 0 Å². The van der Waals surface area contributed by atoms with Crippen LogP contribution >= 0.6 is 0 Å². The van der Waals surface area contributed by atoms with Gasteiger partial charge in [0, 0.05) is 18.2 Å². The number of nitrogen functional groups attached to an aromatic ring is 1. The molecule has 0 heterocycles. The molecule has 0 atom stereocenters. The summed E-state index contributed by atoms with van der Waals surface area (Å²) in [6.07, 6.45) is -2.63. The van der Waals surface area contributed by atoms with Gasteiger partial charge in [0.25, 0.3) is 5.91 Å². The fourth-order valence-corrected chi connectivity index (χ4v) is 2.11. The molecule has 20 heavy (non-hydrogen) atoms. The lowest BCUT2D eigenvalue weighted by Gasteiger charge is -2.23. The Bertz CT molecular complexity index is 486. The lowest BCUT2D eigenvalue weighted by molar-refractivity contribution is -0.148. The van der Waals surface area contributed by atoms with E-state index in [1.54, 1.807) is 24.3 Å². The number of alkyl halides is 3. The lowest BCUT2D eigenvalue weighted by Crippen LogP contribution is -2.35. The van der Waals surface area contributed by atoms with Crippen LogP contribution in [0.5, 0.6) is 0 Å². The number of carbonyl (C=O) groups is 1. The molecule has 1 aliphatic rings. The minimum absolute atomic E-state index is 0.0105. The van der Waals surface area contributed by atoms with Crippen LogP contribution in [0.3, 0.4) is 0 Å². The molecular weight excluding hydrogens is 271 g/mol. The van der Waals surface area contributed by atoms with Gasteiger partial charge in [0.1, 0.15) is 0 Å². The maximum Gasteiger partial charge on any atom is 0.401 e. The van der Waals surface area contributed by atoms with E-state index in [2.05, 4.69) is 0 Å². The van der Waals surface area contributed by atoms with Gasteiger partial charge >= 0.3 is 6.18 Å². The normalized spacial score (nSPS) is 15.4. The SMILES string of the molecule is NNC(=O)c1cccc(CN(CC(F)(F)F)C2CC2)c1. The topological polar surface area (TPSA) is 58.4 Å². The van der Waals surface area contributed by atoms with Crippen molar-refractivity contribution in [1.29, 1.82) is 0 Å². The predicted octanol–water partition coefficient (Wildman–Crippen LogP) is 1.82. The van der Waals surface area contributed by atoms with Gasteiger partial charge in [-0.25, -0.2) is 5.84 Å². The second-order valence-corrected chi connectivity index (χ2v) is 4.93. The van der Waals surface area contributed by atoms with Crippen LogP contribution in [0, 0.1) is 0 Å². The minimum Gasteiger partial charge on any atom is -0.290 e. The fourth-order valence-electron chi connectivity index (χ4n) is 2.11. The highest BCUT2D eigenvalue weighted by molar-refractivity contribution is 5.93. The minimum atomic E-state index is -4.21. The number of hydrazine groups is 1. The van der Waals surface area contributed by atoms with Crippen molar-refractivity contribution < 1.29 is 18.0 Å². The molecule has 1 amide bonds. The number of halogens is 3. The van der Waals surface area contributed by atoms with Crippen LogP contribution in [0.15, 0.2) is 24.3 Å². The Kier molecular flexibility index (Phi) is 4.29. The fraction of sp³-hybridized carbons (Fsp3) is 0.462. The molecule has 0 radical (unpaired) electrons. The number of nitrogens with zero attached hydrogens (tertiary/aromatic N) is 1. The summed E-state index contributed by atoms with van der Waals surface area (Å²) in [6.45, 7) is -0.749. The van der Waals surface area contributed by atoms with E-state index in [1.807, 2.05) is 5.43 Å². The Hall–Kier alpha value is -1.60. The molecule has 0 unspecified atom stereocenters. The number of amides is 1. The van der Waals surface area contributed by atoms with Gasteiger partial charge in [-0.3, -0.25) is 15.1 Å². The maximum absolute atomic E-state index is 12.5. The third-order valence-corrected chi connectivity index (χ3v) is 3.15. The van der Waals surface area contributed by atoms with Crippen LogP contribution in [-0.4, -0.2) is 29.6 Å². The van der Waals surface area contributed by atoms with E-state index in [0.29, 0.717) is 11.1 Å². The number of nitrogens with one attached hydrogen (secondary N) is 1. The molecule has 0 bridgehead atoms. The van der Waals surface area contributed by atoms with Crippen molar-refractivity contribution in [3.8, 4) is 0 Å². The quantitative estimate of drug-likeness (QED) is 0.493. The van der Waals surface area contributed by atoms with Gasteiger partial charge in [-0.1, -0.05) is 12.1 Å². The molecule has 4 nitrogen and oxygen atoms in total. The molecule has 0 aliphatic heterocycles. The highest BCUT2D eigenvalue weighted by Crippen LogP contribution is 2.31. The molecule has 2 rings (SSSR count). The van der Waals surface area contributed by atoms with Crippen molar-refractivity contribution in [3.05, 3.63) is 35.4 Å². The monoisotopic (exact) mass is 287 g/mol. The zero-order valence-electron chi connectivity index (χ0n) is 10.8. The average molecular weight is 287 g/mol. The molecule has 1 aliphatic carbocycles. The third kappa shape index (κ3) is 4.21. The Labute approximate surface area is 114 Å². The Morgan fingerprint density at radius 1 is 1.40 bits per heavy atom. The van der Waals surface area contributed by atoms with Gasteiger partial charge in [0.05, 0.1) is 6.54 Å². The van der Waals surface area contributed by atoms with Gasteiger partial charge < -0.3 is 0 Å². The zero-order chi connectivity index (χ0) is 14.8. The number of hydrogen-bond acceptors (Lipinski definition) is 3. The van der Waals surface area contributed by atoms with Gasteiger partial charge in [0.2, 0.25) is 0 Å². The third-order valence-electron chi connectivity index (χ3n) is 3.15. The lowest BCUT2D eigenvalue weighted by atomic mass is 10.1. The second-order valence-electron chi connectivity index (χ2n) is 4.93. The summed E-state index contributed by atoms with van der Waals surface area (Å²) < 4.78 is 37.6. The van der Waals surface area contributed by atoms with Crippen molar-refractivity contribution in [1.82, 2.24) is 10.3 Å². The van der Waals surface area contributed by atoms with E-state index in [4.69, 9.17) is 5.84 Å². The first kappa shape index (κ1) is 14.8. The summed E-state index contributed by atoms with van der Waals surface area (Å²) in [5, 5.41) is 0. The molecule has 1 saturated carbocycles. The van der Waals surface area contributed by atoms with Crippen LogP contribution < -0.4 is 11.3 Å². The molecular formula is C13H16F3N3O. The number of carbonyl (C=O) groups excluding carboxylic acids is 1. The van der Waals surface area contributed by atoms with E-state index < -0.39 is 18.6 Å². The first-order valence-corrected chi connectivity index (χ1v) is 6.30. The molecule has 110 valence electrons. The first-order valence-electron chi connectivity index (χ1n) is 6.30. The van der Waals surface area contributed by atoms with E-state index in [1.165, 1.54) is 4.90 Å². The van der Waals surface area contributed by atoms with E-state index in [-0.39, 0.29) is 12.6 Å². The zero-order valence-corrected chi connectivity index (χ0v) is 10.8. The van der Waals surface area contributed by atoms with Crippen molar-refractivity contribution >= 4 is 5.91 Å². The summed E-state index contributed by atoms with van der Waals surface area (Å²) in [5.41, 5.74) is 3.01. The van der Waals surface area contributed by atoms with Crippen LogP contribution in [0.25, 0.3) is 0 Å². The highest BCUT2D eigenvalue weighted by atomic mass is 19.4. The van der Waals surface area contributed by atoms with E-state index >= 15 is 0 Å². The summed E-state index contributed by atoms with van der Waals surface area (Å²) in [7, 11) is 0. The maximum atomic E-state index is 12.5. The summed E-state index contributed by atoms with van der Waals surface area (Å²) >= 11 is 0. The second kappa shape index (κ2) is 5.80. The Balaban J connectivity index is 2.08. The molecule has 7 heteroatoms. The number of rotatable bonds is 5. The molecule has 0 aromatic heterocycles.